The minimum Gasteiger partial charge on any atom is -0.455 e. The summed E-state index contributed by atoms with van der Waals surface area (Å²) in [5.74, 6) is 0.262. The van der Waals surface area contributed by atoms with Gasteiger partial charge in [0.05, 0.1) is 0 Å². The molecule has 3 nitrogen and oxygen atoms in total. The van der Waals surface area contributed by atoms with Crippen LogP contribution in [0.1, 0.15) is 52.7 Å². The second-order valence-electron chi connectivity index (χ2n) is 12.7. The molecule has 0 saturated carbocycles. The lowest BCUT2D eigenvalue weighted by atomic mass is 9.88. The first-order chi connectivity index (χ1) is 17.4. The van der Waals surface area contributed by atoms with E-state index in [2.05, 4.69) is 65.8 Å². The van der Waals surface area contributed by atoms with E-state index in [1.807, 2.05) is 18.2 Å². The largest absolute Gasteiger partial charge is 0.455 e. The Hall–Kier alpha value is -3.66. The maximum atomic E-state index is 14.3. The second-order valence-corrected chi connectivity index (χ2v) is 12.7. The van der Waals surface area contributed by atoms with Gasteiger partial charge in [0, 0.05) is 21.7 Å². The predicted octanol–water partition coefficient (Wildman–Crippen LogP) is 9.86. The molecule has 188 valence electrons. The maximum absolute atomic E-state index is 14.3. The van der Waals surface area contributed by atoms with Crippen LogP contribution in [0.5, 0.6) is 0 Å². The van der Waals surface area contributed by atoms with Crippen molar-refractivity contribution in [2.24, 2.45) is 10.8 Å². The summed E-state index contributed by atoms with van der Waals surface area (Å²) < 4.78 is 27.3. The van der Waals surface area contributed by atoms with Gasteiger partial charge in [-0.3, -0.25) is 0 Å². The standard InChI is InChI=1S/C33H32FNO2/c1-32(2,3)17-19-10-13-23-27(14-19)36-30-24-16-22(34)12-11-20(24)15-25(28(23)30)31-35-26-9-7-8-21(29(26)37-31)18-33(4,5)6/h7-16H,17-18H2,1-6H3. The third-order valence-corrected chi connectivity index (χ3v) is 6.77. The third kappa shape index (κ3) is 4.39. The summed E-state index contributed by atoms with van der Waals surface area (Å²) in [4.78, 5) is 4.92. The van der Waals surface area contributed by atoms with E-state index in [4.69, 9.17) is 13.8 Å². The molecule has 0 atom stereocenters. The Morgan fingerprint density at radius 1 is 0.757 bits per heavy atom. The molecule has 6 aromatic rings. The number of rotatable bonds is 3. The summed E-state index contributed by atoms with van der Waals surface area (Å²) in [5, 5.41) is 3.51. The van der Waals surface area contributed by atoms with Crippen LogP contribution in [0.3, 0.4) is 0 Å². The van der Waals surface area contributed by atoms with Crippen molar-refractivity contribution < 1.29 is 13.2 Å². The van der Waals surface area contributed by atoms with Gasteiger partial charge in [-0.25, -0.2) is 9.37 Å². The number of fused-ring (bicyclic) bond motifs is 6. The monoisotopic (exact) mass is 493 g/mol. The van der Waals surface area contributed by atoms with Gasteiger partial charge in [0.25, 0.3) is 0 Å². The van der Waals surface area contributed by atoms with Crippen LogP contribution in [0.2, 0.25) is 0 Å². The molecular formula is C33H32FNO2. The topological polar surface area (TPSA) is 39.2 Å². The number of benzene rings is 4. The molecule has 4 aromatic carbocycles. The minimum absolute atomic E-state index is 0.118. The van der Waals surface area contributed by atoms with E-state index in [1.165, 1.54) is 11.6 Å². The molecule has 0 amide bonds. The average Bonchev–Trinajstić information content (AvgIpc) is 3.39. The fourth-order valence-corrected chi connectivity index (χ4v) is 5.40. The van der Waals surface area contributed by atoms with Crippen molar-refractivity contribution in [2.45, 2.75) is 54.4 Å². The average molecular weight is 494 g/mol. The number of furan rings is 1. The zero-order valence-corrected chi connectivity index (χ0v) is 22.3. The van der Waals surface area contributed by atoms with E-state index in [0.717, 1.165) is 62.2 Å². The summed E-state index contributed by atoms with van der Waals surface area (Å²) in [5.41, 5.74) is 6.60. The van der Waals surface area contributed by atoms with E-state index in [9.17, 15) is 4.39 Å². The van der Waals surface area contributed by atoms with Gasteiger partial charge in [-0.05, 0) is 70.5 Å². The highest BCUT2D eigenvalue weighted by molar-refractivity contribution is 6.20. The van der Waals surface area contributed by atoms with Gasteiger partial charge in [0.2, 0.25) is 5.89 Å². The Morgan fingerprint density at radius 2 is 1.54 bits per heavy atom. The molecule has 0 unspecified atom stereocenters. The number of nitrogens with zero attached hydrogens (tertiary/aromatic N) is 1. The number of hydrogen-bond acceptors (Lipinski definition) is 3. The van der Waals surface area contributed by atoms with E-state index in [-0.39, 0.29) is 16.6 Å². The van der Waals surface area contributed by atoms with E-state index >= 15 is 0 Å². The van der Waals surface area contributed by atoms with Gasteiger partial charge in [0.1, 0.15) is 22.5 Å². The van der Waals surface area contributed by atoms with Gasteiger partial charge < -0.3 is 8.83 Å². The van der Waals surface area contributed by atoms with Gasteiger partial charge in [-0.2, -0.15) is 0 Å². The Balaban J connectivity index is 1.64. The van der Waals surface area contributed by atoms with E-state index in [1.54, 1.807) is 12.1 Å². The lowest BCUT2D eigenvalue weighted by Gasteiger charge is -2.17. The van der Waals surface area contributed by atoms with Gasteiger partial charge in [0.15, 0.2) is 5.58 Å². The van der Waals surface area contributed by atoms with Crippen LogP contribution in [0.15, 0.2) is 69.5 Å². The normalized spacial score (nSPS) is 12.9. The number of halogens is 1. The number of hydrogen-bond donors (Lipinski definition) is 0. The van der Waals surface area contributed by atoms with Crippen LogP contribution in [0, 0.1) is 16.6 Å². The van der Waals surface area contributed by atoms with Crippen molar-refractivity contribution >= 4 is 43.8 Å². The molecule has 0 aliphatic rings. The fraction of sp³-hybridized carbons (Fsp3) is 0.303. The second kappa shape index (κ2) is 8.17. The number of aromatic nitrogens is 1. The molecule has 0 N–H and O–H groups in total. The van der Waals surface area contributed by atoms with Crippen molar-refractivity contribution in [2.75, 3.05) is 0 Å². The number of oxazole rings is 1. The lowest BCUT2D eigenvalue weighted by Crippen LogP contribution is -2.09. The highest BCUT2D eigenvalue weighted by Gasteiger charge is 2.22. The van der Waals surface area contributed by atoms with E-state index in [0.29, 0.717) is 11.5 Å². The molecule has 0 aliphatic carbocycles. The quantitative estimate of drug-likeness (QED) is 0.246. The predicted molar refractivity (Wildman–Crippen MR) is 151 cm³/mol. The van der Waals surface area contributed by atoms with Gasteiger partial charge >= 0.3 is 0 Å². The smallest absolute Gasteiger partial charge is 0.228 e. The van der Waals surface area contributed by atoms with Crippen molar-refractivity contribution in [3.8, 4) is 11.5 Å². The molecule has 0 saturated heterocycles. The molecular weight excluding hydrogens is 461 g/mol. The Kier molecular flexibility index (Phi) is 5.24. The molecule has 0 bridgehead atoms. The Morgan fingerprint density at radius 3 is 2.30 bits per heavy atom. The van der Waals surface area contributed by atoms with Crippen molar-refractivity contribution in [1.82, 2.24) is 4.98 Å². The summed E-state index contributed by atoms with van der Waals surface area (Å²) >= 11 is 0. The molecule has 0 radical (unpaired) electrons. The highest BCUT2D eigenvalue weighted by atomic mass is 19.1. The van der Waals surface area contributed by atoms with Crippen molar-refractivity contribution in [3.05, 3.63) is 77.6 Å². The molecule has 37 heavy (non-hydrogen) atoms. The lowest BCUT2D eigenvalue weighted by molar-refractivity contribution is 0.410. The third-order valence-electron chi connectivity index (χ3n) is 6.77. The highest BCUT2D eigenvalue weighted by Crippen LogP contribution is 2.42. The van der Waals surface area contributed by atoms with Crippen LogP contribution >= 0.6 is 0 Å². The number of para-hydroxylation sites is 1. The molecule has 2 heterocycles. The first kappa shape index (κ1) is 23.7. The first-order valence-electron chi connectivity index (χ1n) is 12.9. The summed E-state index contributed by atoms with van der Waals surface area (Å²) in [6.07, 6.45) is 1.82. The van der Waals surface area contributed by atoms with Gasteiger partial charge in [-0.1, -0.05) is 71.9 Å². The van der Waals surface area contributed by atoms with E-state index < -0.39 is 0 Å². The molecule has 0 aliphatic heterocycles. The zero-order chi connectivity index (χ0) is 26.1. The minimum atomic E-state index is -0.288. The Bertz CT molecular complexity index is 1810. The van der Waals surface area contributed by atoms with Crippen LogP contribution in [0.4, 0.5) is 4.39 Å². The molecule has 4 heteroatoms. The molecule has 0 fully saturated rings. The van der Waals surface area contributed by atoms with Crippen LogP contribution < -0.4 is 0 Å². The van der Waals surface area contributed by atoms with Crippen molar-refractivity contribution in [1.29, 1.82) is 0 Å². The summed E-state index contributed by atoms with van der Waals surface area (Å²) in [7, 11) is 0. The summed E-state index contributed by atoms with van der Waals surface area (Å²) in [6, 6.07) is 19.4. The van der Waals surface area contributed by atoms with Crippen LogP contribution in [-0.2, 0) is 12.8 Å². The van der Waals surface area contributed by atoms with Crippen LogP contribution in [-0.4, -0.2) is 4.98 Å². The Labute approximate surface area is 216 Å². The fourth-order valence-electron chi connectivity index (χ4n) is 5.40. The van der Waals surface area contributed by atoms with Crippen LogP contribution in [0.25, 0.3) is 55.3 Å². The van der Waals surface area contributed by atoms with Gasteiger partial charge in [-0.15, -0.1) is 0 Å². The molecule has 0 spiro atoms. The first-order valence-corrected chi connectivity index (χ1v) is 12.9. The zero-order valence-electron chi connectivity index (χ0n) is 22.3. The molecule has 2 aromatic heterocycles. The maximum Gasteiger partial charge on any atom is 0.228 e. The molecule has 6 rings (SSSR count). The SMILES string of the molecule is CC(C)(C)Cc1ccc2c(c1)oc1c3cc(F)ccc3cc(-c3nc4cccc(CC(C)(C)C)c4o3)c21. The summed E-state index contributed by atoms with van der Waals surface area (Å²) in [6.45, 7) is 13.4. The van der Waals surface area contributed by atoms with Crippen molar-refractivity contribution in [3.63, 3.8) is 0 Å².